The minimum atomic E-state index is 0.952. The smallest absolute Gasteiger partial charge is 0.0334 e. The van der Waals surface area contributed by atoms with Gasteiger partial charge in [0.2, 0.25) is 0 Å². The summed E-state index contributed by atoms with van der Waals surface area (Å²) in [5.74, 6) is 4.29. The van der Waals surface area contributed by atoms with Crippen molar-refractivity contribution in [1.29, 1.82) is 0 Å². The molecule has 0 aromatic rings. The minimum absolute atomic E-state index is 0.952. The molecule has 2 fully saturated rings. The zero-order chi connectivity index (χ0) is 7.84. The highest BCUT2D eigenvalue weighted by atomic mass is 14.4. The van der Waals surface area contributed by atoms with Gasteiger partial charge in [-0.2, -0.15) is 0 Å². The van der Waals surface area contributed by atoms with Crippen molar-refractivity contribution >= 4 is 0 Å². The third kappa shape index (κ3) is 1.21. The van der Waals surface area contributed by atoms with Crippen molar-refractivity contribution in [2.75, 3.05) is 0 Å². The van der Waals surface area contributed by atoms with E-state index in [1.54, 1.807) is 25.7 Å². The minimum Gasteiger partial charge on any atom is -0.0625 e. The molecule has 0 N–H and O–H groups in total. The first-order chi connectivity index (χ1) is 5.29. The average molecular weight is 152 g/mol. The van der Waals surface area contributed by atoms with Crippen LogP contribution in [-0.4, -0.2) is 0 Å². The maximum absolute atomic E-state index is 2.42. The predicted molar refractivity (Wildman–Crippen MR) is 48.4 cm³/mol. The lowest BCUT2D eigenvalue weighted by atomic mass is 9.73. The molecule has 0 aromatic heterocycles. The largest absolute Gasteiger partial charge is 0.0625 e. The Hall–Kier alpha value is 0. The molecule has 2 aliphatic carbocycles. The summed E-state index contributed by atoms with van der Waals surface area (Å²) in [6.45, 7) is 4.84. The van der Waals surface area contributed by atoms with Gasteiger partial charge in [0, 0.05) is 0 Å². The summed E-state index contributed by atoms with van der Waals surface area (Å²) in [4.78, 5) is 0. The molecule has 0 radical (unpaired) electrons. The normalized spacial score (nSPS) is 43.4. The number of fused-ring (bicyclic) bond motifs is 2. The topological polar surface area (TPSA) is 0 Å². The highest BCUT2D eigenvalue weighted by Crippen LogP contribution is 2.49. The molecule has 0 aromatic carbocycles. The lowest BCUT2D eigenvalue weighted by Crippen LogP contribution is -2.24. The van der Waals surface area contributed by atoms with Crippen LogP contribution in [0, 0.1) is 23.7 Å². The molecular formula is C11H20. The van der Waals surface area contributed by atoms with Crippen LogP contribution in [0.3, 0.4) is 0 Å². The summed E-state index contributed by atoms with van der Waals surface area (Å²) in [5.41, 5.74) is 0. The van der Waals surface area contributed by atoms with E-state index in [1.165, 1.54) is 6.42 Å². The second kappa shape index (κ2) is 2.80. The van der Waals surface area contributed by atoms with E-state index < -0.39 is 0 Å². The molecule has 11 heavy (non-hydrogen) atoms. The van der Waals surface area contributed by atoms with Gasteiger partial charge in [-0.25, -0.2) is 0 Å². The zero-order valence-electron chi connectivity index (χ0n) is 7.84. The molecule has 64 valence electrons. The predicted octanol–water partition coefficient (Wildman–Crippen LogP) is 3.47. The van der Waals surface area contributed by atoms with Crippen LogP contribution in [-0.2, 0) is 0 Å². The van der Waals surface area contributed by atoms with Crippen molar-refractivity contribution < 1.29 is 0 Å². The maximum Gasteiger partial charge on any atom is -0.0334 e. The molecular weight excluding hydrogens is 132 g/mol. The Bertz CT molecular complexity index is 121. The molecule has 0 amide bonds. The second-order valence-corrected chi connectivity index (χ2v) is 4.85. The molecule has 0 spiro atoms. The molecule has 3 atom stereocenters. The van der Waals surface area contributed by atoms with E-state index in [9.17, 15) is 0 Å². The lowest BCUT2D eigenvalue weighted by Gasteiger charge is -2.33. The van der Waals surface area contributed by atoms with Gasteiger partial charge in [0.05, 0.1) is 0 Å². The third-order valence-corrected chi connectivity index (χ3v) is 3.92. The Morgan fingerprint density at radius 2 is 1.45 bits per heavy atom. The SMILES string of the molecule is CC(C)C1[C@@H]2CCC[C@H]1CC2. The van der Waals surface area contributed by atoms with Crippen LogP contribution in [0.5, 0.6) is 0 Å². The first-order valence-corrected chi connectivity index (χ1v) is 5.29. The van der Waals surface area contributed by atoms with Gasteiger partial charge in [-0.1, -0.05) is 33.1 Å². The van der Waals surface area contributed by atoms with Crippen LogP contribution in [0.4, 0.5) is 0 Å². The molecule has 0 heteroatoms. The van der Waals surface area contributed by atoms with Gasteiger partial charge in [-0.3, -0.25) is 0 Å². The Morgan fingerprint density at radius 3 is 1.82 bits per heavy atom. The first-order valence-electron chi connectivity index (χ1n) is 5.29. The fourth-order valence-corrected chi connectivity index (χ4v) is 3.60. The molecule has 2 aliphatic rings. The van der Waals surface area contributed by atoms with E-state index in [0.29, 0.717) is 0 Å². The fraction of sp³-hybridized carbons (Fsp3) is 1.00. The van der Waals surface area contributed by atoms with Crippen LogP contribution < -0.4 is 0 Å². The van der Waals surface area contributed by atoms with Crippen molar-refractivity contribution in [2.45, 2.75) is 46.0 Å². The summed E-state index contributed by atoms with van der Waals surface area (Å²) < 4.78 is 0. The van der Waals surface area contributed by atoms with Crippen LogP contribution in [0.2, 0.25) is 0 Å². The third-order valence-electron chi connectivity index (χ3n) is 3.92. The highest BCUT2D eigenvalue weighted by molar-refractivity contribution is 4.90. The van der Waals surface area contributed by atoms with Crippen LogP contribution in [0.15, 0.2) is 0 Å². The number of rotatable bonds is 1. The van der Waals surface area contributed by atoms with E-state index in [1.807, 2.05) is 0 Å². The molecule has 0 aliphatic heterocycles. The van der Waals surface area contributed by atoms with Crippen LogP contribution in [0.1, 0.15) is 46.0 Å². The van der Waals surface area contributed by atoms with Crippen molar-refractivity contribution in [3.63, 3.8) is 0 Å². The van der Waals surface area contributed by atoms with Gasteiger partial charge in [-0.05, 0) is 36.5 Å². The van der Waals surface area contributed by atoms with E-state index in [4.69, 9.17) is 0 Å². The molecule has 0 nitrogen and oxygen atoms in total. The Kier molecular flexibility index (Phi) is 1.95. The van der Waals surface area contributed by atoms with E-state index in [2.05, 4.69) is 13.8 Å². The second-order valence-electron chi connectivity index (χ2n) is 4.85. The highest BCUT2D eigenvalue weighted by Gasteiger charge is 2.39. The summed E-state index contributed by atoms with van der Waals surface area (Å²) >= 11 is 0. The van der Waals surface area contributed by atoms with Crippen LogP contribution in [0.25, 0.3) is 0 Å². The quantitative estimate of drug-likeness (QED) is 0.539. The Balaban J connectivity index is 2.09. The van der Waals surface area contributed by atoms with Gasteiger partial charge in [0.25, 0.3) is 0 Å². The fourth-order valence-electron chi connectivity index (χ4n) is 3.60. The van der Waals surface area contributed by atoms with E-state index >= 15 is 0 Å². The molecule has 2 saturated carbocycles. The van der Waals surface area contributed by atoms with Gasteiger partial charge in [-0.15, -0.1) is 0 Å². The maximum atomic E-state index is 2.42. The summed E-state index contributed by atoms with van der Waals surface area (Å²) in [6, 6.07) is 0. The van der Waals surface area contributed by atoms with Gasteiger partial charge in [0.15, 0.2) is 0 Å². The van der Waals surface area contributed by atoms with Crippen LogP contribution >= 0.6 is 0 Å². The Morgan fingerprint density at radius 1 is 0.909 bits per heavy atom. The molecule has 1 unspecified atom stereocenters. The Labute approximate surface area is 70.4 Å². The number of hydrogen-bond donors (Lipinski definition) is 0. The molecule has 0 heterocycles. The van der Waals surface area contributed by atoms with E-state index in [-0.39, 0.29) is 0 Å². The average Bonchev–Trinajstić information content (AvgIpc) is 2.23. The summed E-state index contributed by atoms with van der Waals surface area (Å²) in [6.07, 6.45) is 7.71. The zero-order valence-corrected chi connectivity index (χ0v) is 7.84. The van der Waals surface area contributed by atoms with Gasteiger partial charge in [0.1, 0.15) is 0 Å². The molecule has 2 rings (SSSR count). The molecule has 0 saturated heterocycles. The van der Waals surface area contributed by atoms with E-state index in [0.717, 1.165) is 23.7 Å². The summed E-state index contributed by atoms with van der Waals surface area (Å²) in [7, 11) is 0. The van der Waals surface area contributed by atoms with Gasteiger partial charge >= 0.3 is 0 Å². The number of hydrogen-bond acceptors (Lipinski definition) is 0. The van der Waals surface area contributed by atoms with Crippen molar-refractivity contribution in [1.82, 2.24) is 0 Å². The van der Waals surface area contributed by atoms with Crippen molar-refractivity contribution in [3.8, 4) is 0 Å². The molecule has 2 bridgehead atoms. The summed E-state index contributed by atoms with van der Waals surface area (Å²) in [5, 5.41) is 0. The standard InChI is InChI=1S/C11H20/c1-8(2)11-9-4-3-5-10(11)7-6-9/h8-11H,3-7H2,1-2H3/t9-,10+,11?. The van der Waals surface area contributed by atoms with Crippen molar-refractivity contribution in [3.05, 3.63) is 0 Å². The van der Waals surface area contributed by atoms with Gasteiger partial charge < -0.3 is 0 Å². The first kappa shape index (κ1) is 7.64. The van der Waals surface area contributed by atoms with Crippen molar-refractivity contribution in [2.24, 2.45) is 23.7 Å². The monoisotopic (exact) mass is 152 g/mol. The lowest BCUT2D eigenvalue weighted by molar-refractivity contribution is 0.170.